The fourth-order valence-electron chi connectivity index (χ4n) is 7.72. The van der Waals surface area contributed by atoms with Crippen LogP contribution in [0.4, 0.5) is 0 Å². The van der Waals surface area contributed by atoms with Crippen molar-refractivity contribution in [1.82, 2.24) is 10.6 Å². The number of benzene rings is 1. The van der Waals surface area contributed by atoms with Gasteiger partial charge in [-0.15, -0.1) is 0 Å². The molecule has 0 spiro atoms. The van der Waals surface area contributed by atoms with Gasteiger partial charge in [-0.1, -0.05) is 174 Å². The number of phosphoric acid groups is 1. The largest absolute Gasteiger partial charge is 0.508 e. The smallest absolute Gasteiger partial charge is 0.472 e. The van der Waals surface area contributed by atoms with Crippen molar-refractivity contribution >= 4 is 31.6 Å². The number of hydrogen-bond donors (Lipinski definition) is 5. The quantitative estimate of drug-likeness (QED) is 0.0179. The molecule has 1 rings (SSSR count). The Morgan fingerprint density at radius 1 is 0.621 bits per heavy atom. The van der Waals surface area contributed by atoms with Gasteiger partial charge in [0.15, 0.2) is 0 Å². The van der Waals surface area contributed by atoms with Gasteiger partial charge in [0.2, 0.25) is 11.8 Å². The van der Waals surface area contributed by atoms with Crippen molar-refractivity contribution in [2.45, 2.75) is 226 Å². The number of rotatable bonds is 46. The van der Waals surface area contributed by atoms with Gasteiger partial charge in [-0.3, -0.25) is 28.2 Å². The van der Waals surface area contributed by atoms with Gasteiger partial charge in [0.1, 0.15) is 17.8 Å². The molecule has 0 aliphatic carbocycles. The molecule has 4 atom stereocenters. The third kappa shape index (κ3) is 35.2. The standard InChI is InChI=1S/C51H91N2O12P/c1-4-7-10-13-15-17-18-20-21-24-27-30-48(55)53-44(42-64-66(60,61)63-39-37-52-50(57)47(51(58)59)40-43-32-34-45(54)35-33-43)41-62-38-36-46(29-26-23-12-9-6-3)65-49(56)31-28-25-22-19-16-14-11-8-5-2/h32-35,44,46-47,54H,4-31,36-42H2,1-3H3,(H,52,57)(H,53,55)(H,58,59)(H,60,61)/t44-,46-,47?/m1/s1. The maximum atomic E-state index is 13.1. The first kappa shape index (κ1) is 61.0. The fourth-order valence-corrected chi connectivity index (χ4v) is 8.49. The molecular formula is C51H91N2O12P. The molecule has 14 nitrogen and oxygen atoms in total. The highest BCUT2D eigenvalue weighted by Crippen LogP contribution is 2.43. The fraction of sp³-hybridized carbons (Fsp3) is 0.804. The average Bonchev–Trinajstić information content (AvgIpc) is 3.29. The van der Waals surface area contributed by atoms with Crippen LogP contribution in [-0.2, 0) is 48.7 Å². The Hall–Kier alpha value is -3.03. The van der Waals surface area contributed by atoms with Crippen LogP contribution >= 0.6 is 7.82 Å². The van der Waals surface area contributed by atoms with Crippen LogP contribution in [0.3, 0.4) is 0 Å². The average molecular weight is 955 g/mol. The maximum absolute atomic E-state index is 13.1. The summed E-state index contributed by atoms with van der Waals surface area (Å²) < 4.78 is 35.2. The van der Waals surface area contributed by atoms with E-state index >= 15 is 0 Å². The van der Waals surface area contributed by atoms with Crippen molar-refractivity contribution in [2.75, 3.05) is 33.0 Å². The number of esters is 1. The number of carbonyl (C=O) groups excluding carboxylic acids is 3. The number of phenols is 1. The van der Waals surface area contributed by atoms with Crippen LogP contribution in [0, 0.1) is 5.92 Å². The summed E-state index contributed by atoms with van der Waals surface area (Å²) in [6, 6.07) is 5.04. The van der Waals surface area contributed by atoms with Crippen molar-refractivity contribution < 1.29 is 57.4 Å². The highest BCUT2D eigenvalue weighted by atomic mass is 31.2. The van der Waals surface area contributed by atoms with Gasteiger partial charge < -0.3 is 35.2 Å². The topological polar surface area (TPSA) is 207 Å². The predicted octanol–water partition coefficient (Wildman–Crippen LogP) is 11.7. The molecule has 1 aromatic rings. The van der Waals surface area contributed by atoms with Gasteiger partial charge in [-0.2, -0.15) is 0 Å². The number of aliphatic carboxylic acids is 1. The van der Waals surface area contributed by atoms with E-state index in [2.05, 4.69) is 31.4 Å². The summed E-state index contributed by atoms with van der Waals surface area (Å²) in [5.41, 5.74) is 0.532. The van der Waals surface area contributed by atoms with Crippen molar-refractivity contribution in [3.05, 3.63) is 29.8 Å². The van der Waals surface area contributed by atoms with Crippen LogP contribution in [-0.4, -0.2) is 84.0 Å². The van der Waals surface area contributed by atoms with Crippen molar-refractivity contribution in [3.63, 3.8) is 0 Å². The van der Waals surface area contributed by atoms with Gasteiger partial charge in [0.25, 0.3) is 0 Å². The SMILES string of the molecule is CCCCCCCCCCCCCC(=O)N[C@H](COCC[C@@H](CCCCCCC)OC(=O)CCCCCCCCCCC)COP(=O)(O)OCCNC(=O)C(Cc1ccc(O)cc1)C(=O)O. The second kappa shape index (κ2) is 41.0. The molecule has 5 N–H and O–H groups in total. The van der Waals surface area contributed by atoms with Gasteiger partial charge in [0, 0.05) is 25.8 Å². The van der Waals surface area contributed by atoms with Crippen molar-refractivity contribution in [1.29, 1.82) is 0 Å². The highest BCUT2D eigenvalue weighted by molar-refractivity contribution is 7.47. The summed E-state index contributed by atoms with van der Waals surface area (Å²) in [5, 5.41) is 24.4. The lowest BCUT2D eigenvalue weighted by molar-refractivity contribution is -0.151. The Morgan fingerprint density at radius 2 is 1.12 bits per heavy atom. The highest BCUT2D eigenvalue weighted by Gasteiger charge is 2.28. The Bertz CT molecular complexity index is 1430. The lowest BCUT2D eigenvalue weighted by atomic mass is 9.98. The monoisotopic (exact) mass is 955 g/mol. The number of carbonyl (C=O) groups is 4. The first-order valence-corrected chi connectivity index (χ1v) is 27.4. The number of carboxylic acids is 1. The van der Waals surface area contributed by atoms with Crippen LogP contribution < -0.4 is 10.6 Å². The minimum atomic E-state index is -4.67. The van der Waals surface area contributed by atoms with E-state index in [-0.39, 0.29) is 49.9 Å². The molecule has 2 unspecified atom stereocenters. The second-order valence-corrected chi connectivity index (χ2v) is 19.4. The molecule has 0 radical (unpaired) electrons. The van der Waals surface area contributed by atoms with Crippen LogP contribution in [0.1, 0.15) is 213 Å². The van der Waals surface area contributed by atoms with E-state index in [0.29, 0.717) is 31.2 Å². The minimum Gasteiger partial charge on any atom is -0.508 e. The number of amides is 2. The van der Waals surface area contributed by atoms with E-state index in [9.17, 15) is 38.8 Å². The van der Waals surface area contributed by atoms with Gasteiger partial charge in [-0.05, 0) is 49.8 Å². The van der Waals surface area contributed by atoms with E-state index in [1.807, 2.05) is 0 Å². The van der Waals surface area contributed by atoms with E-state index < -0.39 is 44.9 Å². The molecule has 1 aromatic carbocycles. The van der Waals surface area contributed by atoms with Crippen LogP contribution in [0.15, 0.2) is 24.3 Å². The molecule has 0 aromatic heterocycles. The summed E-state index contributed by atoms with van der Waals surface area (Å²) in [6.07, 6.45) is 30.1. The van der Waals surface area contributed by atoms with E-state index in [1.165, 1.54) is 114 Å². The van der Waals surface area contributed by atoms with Gasteiger partial charge >= 0.3 is 19.8 Å². The van der Waals surface area contributed by atoms with E-state index in [4.69, 9.17) is 18.5 Å². The molecule has 15 heteroatoms. The molecule has 2 amide bonds. The molecule has 382 valence electrons. The summed E-state index contributed by atoms with van der Waals surface area (Å²) in [6.45, 7) is 5.73. The summed E-state index contributed by atoms with van der Waals surface area (Å²) in [4.78, 5) is 60.9. The lowest BCUT2D eigenvalue weighted by Crippen LogP contribution is -2.41. The number of phosphoric ester groups is 1. The number of unbranched alkanes of at least 4 members (excludes halogenated alkanes) is 22. The molecule has 66 heavy (non-hydrogen) atoms. The molecule has 0 heterocycles. The molecular weight excluding hydrogens is 864 g/mol. The van der Waals surface area contributed by atoms with Crippen LogP contribution in [0.5, 0.6) is 5.75 Å². The number of ether oxygens (including phenoxy) is 2. The number of carboxylic acid groups (broad SMARTS) is 1. The first-order valence-electron chi connectivity index (χ1n) is 25.9. The molecule has 0 saturated carbocycles. The Kier molecular flexibility index (Phi) is 37.9. The molecule has 0 aliphatic heterocycles. The molecule has 0 saturated heterocycles. The van der Waals surface area contributed by atoms with E-state index in [1.54, 1.807) is 0 Å². The normalized spacial score (nSPS) is 13.7. The Morgan fingerprint density at radius 3 is 1.65 bits per heavy atom. The number of phenolic OH excluding ortho intramolecular Hbond substituents is 1. The minimum absolute atomic E-state index is 0.00898. The van der Waals surface area contributed by atoms with Crippen molar-refractivity contribution in [3.8, 4) is 5.75 Å². The van der Waals surface area contributed by atoms with Crippen LogP contribution in [0.25, 0.3) is 0 Å². The van der Waals surface area contributed by atoms with E-state index in [0.717, 1.165) is 70.6 Å². The third-order valence-electron chi connectivity index (χ3n) is 11.8. The number of aromatic hydroxyl groups is 1. The zero-order chi connectivity index (χ0) is 48.5. The Labute approximate surface area is 398 Å². The van der Waals surface area contributed by atoms with Gasteiger partial charge in [0.05, 0.1) is 32.5 Å². The number of nitrogens with one attached hydrogen (secondary N) is 2. The first-order chi connectivity index (χ1) is 31.9. The molecule has 0 bridgehead atoms. The Balaban J connectivity index is 2.73. The zero-order valence-electron chi connectivity index (χ0n) is 41.3. The molecule has 0 aliphatic rings. The lowest BCUT2D eigenvalue weighted by Gasteiger charge is -2.22. The predicted molar refractivity (Wildman–Crippen MR) is 261 cm³/mol. The number of hydrogen-bond acceptors (Lipinski definition) is 10. The zero-order valence-corrected chi connectivity index (χ0v) is 42.1. The summed E-state index contributed by atoms with van der Waals surface area (Å²) in [7, 11) is -4.67. The second-order valence-electron chi connectivity index (χ2n) is 18.0. The van der Waals surface area contributed by atoms with Gasteiger partial charge in [-0.25, -0.2) is 4.57 Å². The maximum Gasteiger partial charge on any atom is 0.472 e. The molecule has 0 fully saturated rings. The van der Waals surface area contributed by atoms with Crippen molar-refractivity contribution in [2.24, 2.45) is 5.92 Å². The third-order valence-corrected chi connectivity index (χ3v) is 12.8. The summed E-state index contributed by atoms with van der Waals surface area (Å²) >= 11 is 0. The summed E-state index contributed by atoms with van der Waals surface area (Å²) in [5.74, 6) is -3.99. The van der Waals surface area contributed by atoms with Crippen LogP contribution in [0.2, 0.25) is 0 Å².